The molecule has 1 aromatic rings. The van der Waals surface area contributed by atoms with Gasteiger partial charge in [-0.15, -0.1) is 0 Å². The van der Waals surface area contributed by atoms with E-state index in [-0.39, 0.29) is 5.04 Å². The number of methoxy groups -OCH3 is 1. The van der Waals surface area contributed by atoms with Crippen molar-refractivity contribution in [3.63, 3.8) is 0 Å². The molecule has 0 bridgehead atoms. The molecule has 0 saturated heterocycles. The van der Waals surface area contributed by atoms with Crippen LogP contribution in [-0.4, -0.2) is 15.9 Å². The topological polar surface area (TPSA) is 9.23 Å². The number of allylic oxidation sites excluding steroid dienone is 4. The molecule has 1 atom stereocenters. The van der Waals surface area contributed by atoms with Crippen molar-refractivity contribution >= 4 is 14.4 Å². The second-order valence-electron chi connectivity index (χ2n) is 6.25. The van der Waals surface area contributed by atoms with Gasteiger partial charge >= 0.3 is 0 Å². The Hall–Kier alpha value is -1.28. The molecule has 107 valence electrons. The molecule has 0 saturated carbocycles. The van der Waals surface area contributed by atoms with Crippen LogP contribution < -0.4 is 4.74 Å². The standard InChI is InChI=1S/C18H25OSi/c1-12-13(2)17(18(4,14(12)3)20(6)7)15-9-8-10-16(11-15)19-5/h8,10-11,20H,1-7H3. The first-order valence-corrected chi connectivity index (χ1v) is 10.2. The highest BCUT2D eigenvalue weighted by molar-refractivity contribution is 6.63. The molecule has 1 radical (unpaired) electrons. The van der Waals surface area contributed by atoms with Gasteiger partial charge in [0.25, 0.3) is 0 Å². The minimum Gasteiger partial charge on any atom is -0.497 e. The van der Waals surface area contributed by atoms with Crippen LogP contribution in [0.5, 0.6) is 5.75 Å². The average Bonchev–Trinajstić information content (AvgIpc) is 2.61. The highest BCUT2D eigenvalue weighted by Crippen LogP contribution is 2.58. The normalized spacial score (nSPS) is 23.0. The zero-order valence-corrected chi connectivity index (χ0v) is 14.9. The van der Waals surface area contributed by atoms with Gasteiger partial charge in [-0.3, -0.25) is 0 Å². The largest absolute Gasteiger partial charge is 0.497 e. The SMILES string of the molecule is COc1cc[c]c(C2=C(C)C(C)=C(C)C2(C)[SiH](C)C)c1. The molecule has 0 N–H and O–H groups in total. The summed E-state index contributed by atoms with van der Waals surface area (Å²) in [4.78, 5) is 0. The van der Waals surface area contributed by atoms with Gasteiger partial charge in [0.1, 0.15) is 5.75 Å². The summed E-state index contributed by atoms with van der Waals surface area (Å²) in [7, 11) is 0.821. The summed E-state index contributed by atoms with van der Waals surface area (Å²) in [5.74, 6) is 0.911. The van der Waals surface area contributed by atoms with Gasteiger partial charge in [-0.2, -0.15) is 0 Å². The quantitative estimate of drug-likeness (QED) is 0.720. The highest BCUT2D eigenvalue weighted by atomic mass is 28.3. The maximum Gasteiger partial charge on any atom is 0.119 e. The van der Waals surface area contributed by atoms with E-state index in [2.05, 4.69) is 52.9 Å². The average molecular weight is 285 g/mol. The van der Waals surface area contributed by atoms with Crippen LogP contribution in [0.25, 0.3) is 5.57 Å². The van der Waals surface area contributed by atoms with Gasteiger partial charge in [0, 0.05) is 13.8 Å². The zero-order chi connectivity index (χ0) is 15.1. The van der Waals surface area contributed by atoms with Gasteiger partial charge in [-0.25, -0.2) is 0 Å². The number of ether oxygens (including phenoxy) is 1. The Morgan fingerprint density at radius 2 is 1.80 bits per heavy atom. The Labute approximate surface area is 125 Å². The van der Waals surface area contributed by atoms with Crippen molar-refractivity contribution in [2.45, 2.75) is 45.8 Å². The van der Waals surface area contributed by atoms with E-state index < -0.39 is 8.80 Å². The molecule has 0 aromatic heterocycles. The predicted octanol–water partition coefficient (Wildman–Crippen LogP) is 4.87. The third-order valence-corrected chi connectivity index (χ3v) is 8.26. The minimum absolute atomic E-state index is 0.219. The first kappa shape index (κ1) is 15.1. The maximum absolute atomic E-state index is 5.39. The molecular formula is C18H25OSi. The van der Waals surface area contributed by atoms with Crippen LogP contribution in [0.15, 0.2) is 34.9 Å². The van der Waals surface area contributed by atoms with Crippen molar-refractivity contribution in [3.05, 3.63) is 46.5 Å². The fourth-order valence-corrected chi connectivity index (χ4v) is 5.39. The molecule has 1 aromatic carbocycles. The maximum atomic E-state index is 5.39. The van der Waals surface area contributed by atoms with Crippen LogP contribution >= 0.6 is 0 Å². The Morgan fingerprint density at radius 3 is 2.35 bits per heavy atom. The molecule has 2 rings (SSSR count). The molecule has 1 unspecified atom stereocenters. The van der Waals surface area contributed by atoms with E-state index in [0.717, 1.165) is 5.75 Å². The van der Waals surface area contributed by atoms with Gasteiger partial charge in [-0.05, 0) is 61.3 Å². The van der Waals surface area contributed by atoms with Gasteiger partial charge in [0.15, 0.2) is 0 Å². The van der Waals surface area contributed by atoms with Crippen LogP contribution in [0.1, 0.15) is 33.3 Å². The summed E-state index contributed by atoms with van der Waals surface area (Å²) in [5, 5.41) is 0.219. The van der Waals surface area contributed by atoms with Crippen molar-refractivity contribution < 1.29 is 4.74 Å². The lowest BCUT2D eigenvalue weighted by atomic mass is 9.90. The third-order valence-electron chi connectivity index (χ3n) is 5.23. The summed E-state index contributed by atoms with van der Waals surface area (Å²) >= 11 is 0. The number of hydrogen-bond acceptors (Lipinski definition) is 1. The van der Waals surface area contributed by atoms with Crippen molar-refractivity contribution in [2.24, 2.45) is 0 Å². The van der Waals surface area contributed by atoms with Gasteiger partial charge in [0.05, 0.1) is 7.11 Å². The van der Waals surface area contributed by atoms with Crippen LogP contribution in [0, 0.1) is 6.07 Å². The van der Waals surface area contributed by atoms with Gasteiger partial charge in [0.2, 0.25) is 0 Å². The smallest absolute Gasteiger partial charge is 0.119 e. The van der Waals surface area contributed by atoms with E-state index in [0.29, 0.717) is 0 Å². The first-order chi connectivity index (χ1) is 9.33. The monoisotopic (exact) mass is 285 g/mol. The fourth-order valence-electron chi connectivity index (χ4n) is 3.36. The number of rotatable bonds is 3. The minimum atomic E-state index is -0.902. The Morgan fingerprint density at radius 1 is 1.15 bits per heavy atom. The first-order valence-electron chi connectivity index (χ1n) is 7.29. The van der Waals surface area contributed by atoms with Crippen LogP contribution in [0.4, 0.5) is 0 Å². The van der Waals surface area contributed by atoms with E-state index in [4.69, 9.17) is 4.74 Å². The van der Waals surface area contributed by atoms with Gasteiger partial charge in [-0.1, -0.05) is 31.7 Å². The molecule has 1 aliphatic carbocycles. The van der Waals surface area contributed by atoms with Crippen LogP contribution in [0.2, 0.25) is 18.1 Å². The van der Waals surface area contributed by atoms with Crippen LogP contribution in [0.3, 0.4) is 0 Å². The Bertz CT molecular complexity index is 595. The third kappa shape index (κ3) is 2.07. The molecule has 2 heteroatoms. The Balaban J connectivity index is 2.65. The predicted molar refractivity (Wildman–Crippen MR) is 90.0 cm³/mol. The fraction of sp³-hybridized carbons (Fsp3) is 0.444. The summed E-state index contributed by atoms with van der Waals surface area (Å²) in [5.41, 5.74) is 7.09. The van der Waals surface area contributed by atoms with E-state index >= 15 is 0 Å². The van der Waals surface area contributed by atoms with Gasteiger partial charge < -0.3 is 4.74 Å². The lowest BCUT2D eigenvalue weighted by Gasteiger charge is -2.34. The summed E-state index contributed by atoms with van der Waals surface area (Å²) in [6.45, 7) is 14.1. The molecule has 0 heterocycles. The molecule has 20 heavy (non-hydrogen) atoms. The van der Waals surface area contributed by atoms with E-state index in [1.165, 1.54) is 22.3 Å². The lowest BCUT2D eigenvalue weighted by Crippen LogP contribution is -2.25. The van der Waals surface area contributed by atoms with Crippen molar-refractivity contribution in [1.82, 2.24) is 0 Å². The molecule has 1 nitrogen and oxygen atoms in total. The van der Waals surface area contributed by atoms with Crippen molar-refractivity contribution in [1.29, 1.82) is 0 Å². The molecule has 0 aliphatic heterocycles. The summed E-state index contributed by atoms with van der Waals surface area (Å²) < 4.78 is 5.39. The summed E-state index contributed by atoms with van der Waals surface area (Å²) in [6.07, 6.45) is 0. The van der Waals surface area contributed by atoms with Crippen molar-refractivity contribution in [2.75, 3.05) is 7.11 Å². The van der Waals surface area contributed by atoms with E-state index in [9.17, 15) is 0 Å². The molecule has 0 amide bonds. The zero-order valence-electron chi connectivity index (χ0n) is 13.7. The molecule has 0 fully saturated rings. The van der Waals surface area contributed by atoms with Crippen LogP contribution in [-0.2, 0) is 0 Å². The Kier molecular flexibility index (Phi) is 3.97. The highest BCUT2D eigenvalue weighted by Gasteiger charge is 2.42. The van der Waals surface area contributed by atoms with Crippen molar-refractivity contribution in [3.8, 4) is 5.75 Å². The van der Waals surface area contributed by atoms with E-state index in [1.54, 1.807) is 12.7 Å². The lowest BCUT2D eigenvalue weighted by molar-refractivity contribution is 0.414. The summed E-state index contributed by atoms with van der Waals surface area (Å²) in [6, 6.07) is 9.48. The molecular weight excluding hydrogens is 260 g/mol. The molecule has 1 aliphatic rings. The van der Waals surface area contributed by atoms with E-state index in [1.807, 2.05) is 12.1 Å². The second-order valence-corrected chi connectivity index (χ2v) is 9.71. The number of benzene rings is 1. The second kappa shape index (κ2) is 5.25. The number of hydrogen-bond donors (Lipinski definition) is 0. The molecule has 0 spiro atoms.